The molecule has 3 rings (SSSR count). The summed E-state index contributed by atoms with van der Waals surface area (Å²) >= 11 is 0. The lowest BCUT2D eigenvalue weighted by Gasteiger charge is -2.17. The van der Waals surface area contributed by atoms with E-state index in [-0.39, 0.29) is 5.91 Å². The number of hydrogen-bond donors (Lipinski definition) is 1. The highest BCUT2D eigenvalue weighted by Gasteiger charge is 2.14. The Balaban J connectivity index is 1.54. The molecule has 0 aromatic heterocycles. The van der Waals surface area contributed by atoms with Crippen LogP contribution < -0.4 is 5.32 Å². The molecule has 0 saturated heterocycles. The highest BCUT2D eigenvalue weighted by atomic mass is 16.2. The molecule has 3 aromatic rings. The highest BCUT2D eigenvalue weighted by molar-refractivity contribution is 5.95. The number of hydrogen-bond acceptors (Lipinski definition) is 3. The summed E-state index contributed by atoms with van der Waals surface area (Å²) in [5.74, 6) is -0.234. The number of nitrogens with zero attached hydrogens (tertiary/aromatic N) is 1. The summed E-state index contributed by atoms with van der Waals surface area (Å²) in [5.41, 5.74) is 3.97. The SMILES string of the molecule is CN(Cc1ccccc1)Cc1ccc(C(=O)NC(C=O)Cc2ccccc2)cc1. The molecule has 0 fully saturated rings. The van der Waals surface area contributed by atoms with Crippen molar-refractivity contribution in [2.45, 2.75) is 25.6 Å². The molecular weight excluding hydrogens is 360 g/mol. The first-order valence-electron chi connectivity index (χ1n) is 9.75. The Morgan fingerprint density at radius 2 is 1.34 bits per heavy atom. The van der Waals surface area contributed by atoms with E-state index in [1.165, 1.54) is 5.56 Å². The summed E-state index contributed by atoms with van der Waals surface area (Å²) in [6.45, 7) is 1.66. The fourth-order valence-corrected chi connectivity index (χ4v) is 3.28. The van der Waals surface area contributed by atoms with E-state index in [1.54, 1.807) is 0 Å². The van der Waals surface area contributed by atoms with E-state index in [2.05, 4.69) is 29.4 Å². The van der Waals surface area contributed by atoms with E-state index in [0.29, 0.717) is 12.0 Å². The van der Waals surface area contributed by atoms with Crippen molar-refractivity contribution >= 4 is 12.2 Å². The van der Waals surface area contributed by atoms with Crippen LogP contribution >= 0.6 is 0 Å². The van der Waals surface area contributed by atoms with Crippen LogP contribution in [0.25, 0.3) is 0 Å². The van der Waals surface area contributed by atoms with Crippen molar-refractivity contribution in [2.24, 2.45) is 0 Å². The highest BCUT2D eigenvalue weighted by Crippen LogP contribution is 2.10. The van der Waals surface area contributed by atoms with Crippen molar-refractivity contribution in [2.75, 3.05) is 7.05 Å². The van der Waals surface area contributed by atoms with Crippen LogP contribution in [0.15, 0.2) is 84.9 Å². The zero-order valence-electron chi connectivity index (χ0n) is 16.6. The minimum Gasteiger partial charge on any atom is -0.342 e. The second kappa shape index (κ2) is 10.3. The van der Waals surface area contributed by atoms with Gasteiger partial charge in [0.05, 0.1) is 6.04 Å². The van der Waals surface area contributed by atoms with Crippen LogP contribution in [0.2, 0.25) is 0 Å². The van der Waals surface area contributed by atoms with Crippen molar-refractivity contribution in [3.63, 3.8) is 0 Å². The maximum Gasteiger partial charge on any atom is 0.251 e. The van der Waals surface area contributed by atoms with E-state index >= 15 is 0 Å². The Labute approximate surface area is 172 Å². The van der Waals surface area contributed by atoms with Crippen LogP contribution in [0.3, 0.4) is 0 Å². The van der Waals surface area contributed by atoms with Gasteiger partial charge in [0.15, 0.2) is 0 Å². The number of carbonyl (C=O) groups excluding carboxylic acids is 2. The third-order valence-electron chi connectivity index (χ3n) is 4.74. The van der Waals surface area contributed by atoms with Crippen LogP contribution in [0.5, 0.6) is 0 Å². The maximum atomic E-state index is 12.5. The fraction of sp³-hybridized carbons (Fsp3) is 0.200. The fourth-order valence-electron chi connectivity index (χ4n) is 3.28. The number of amides is 1. The Hall–Kier alpha value is -3.24. The number of carbonyl (C=O) groups is 2. The van der Waals surface area contributed by atoms with Gasteiger partial charge >= 0.3 is 0 Å². The summed E-state index contributed by atoms with van der Waals surface area (Å²) in [7, 11) is 2.08. The summed E-state index contributed by atoms with van der Waals surface area (Å²) in [6, 6.07) is 27.0. The third kappa shape index (κ3) is 6.40. The number of benzene rings is 3. The molecular formula is C25H26N2O2. The largest absolute Gasteiger partial charge is 0.342 e. The van der Waals surface area contributed by atoms with Crippen LogP contribution in [-0.4, -0.2) is 30.2 Å². The Morgan fingerprint density at radius 3 is 1.90 bits per heavy atom. The summed E-state index contributed by atoms with van der Waals surface area (Å²) in [6.07, 6.45) is 1.27. The normalized spacial score (nSPS) is 11.8. The standard InChI is InChI=1S/C25H26N2O2/c1-27(17-21-10-6-3-7-11-21)18-22-12-14-23(15-13-22)25(29)26-24(19-28)16-20-8-4-2-5-9-20/h2-15,19,24H,16-18H2,1H3,(H,26,29). The predicted molar refractivity (Wildman–Crippen MR) is 116 cm³/mol. The van der Waals surface area contributed by atoms with E-state index in [0.717, 1.165) is 30.5 Å². The van der Waals surface area contributed by atoms with E-state index in [9.17, 15) is 9.59 Å². The second-order valence-electron chi connectivity index (χ2n) is 7.26. The third-order valence-corrected chi connectivity index (χ3v) is 4.74. The number of nitrogens with one attached hydrogen (secondary N) is 1. The molecule has 4 nitrogen and oxygen atoms in total. The molecule has 1 unspecified atom stereocenters. The Morgan fingerprint density at radius 1 is 0.828 bits per heavy atom. The molecule has 1 atom stereocenters. The minimum atomic E-state index is -0.540. The van der Waals surface area contributed by atoms with Gasteiger partial charge in [0, 0.05) is 18.7 Å². The summed E-state index contributed by atoms with van der Waals surface area (Å²) in [4.78, 5) is 26.1. The average Bonchev–Trinajstić information content (AvgIpc) is 2.75. The summed E-state index contributed by atoms with van der Waals surface area (Å²) in [5, 5.41) is 2.81. The molecule has 4 heteroatoms. The first-order valence-corrected chi connectivity index (χ1v) is 9.75. The molecule has 0 radical (unpaired) electrons. The molecule has 1 N–H and O–H groups in total. The van der Waals surface area contributed by atoms with Crippen molar-refractivity contribution in [3.8, 4) is 0 Å². The zero-order valence-corrected chi connectivity index (χ0v) is 16.6. The van der Waals surface area contributed by atoms with Gasteiger partial charge in [-0.05, 0) is 42.3 Å². The maximum absolute atomic E-state index is 12.5. The first kappa shape index (κ1) is 20.5. The molecule has 0 aliphatic heterocycles. The molecule has 0 heterocycles. The molecule has 0 saturated carbocycles. The Bertz CT molecular complexity index is 909. The molecule has 148 valence electrons. The van der Waals surface area contributed by atoms with Gasteiger partial charge in [0.25, 0.3) is 5.91 Å². The lowest BCUT2D eigenvalue weighted by Crippen LogP contribution is -2.37. The van der Waals surface area contributed by atoms with E-state index in [1.807, 2.05) is 72.8 Å². The van der Waals surface area contributed by atoms with Crippen molar-refractivity contribution in [1.82, 2.24) is 10.2 Å². The van der Waals surface area contributed by atoms with Gasteiger partial charge in [-0.1, -0.05) is 72.8 Å². The van der Waals surface area contributed by atoms with Gasteiger partial charge in [-0.2, -0.15) is 0 Å². The quantitative estimate of drug-likeness (QED) is 0.568. The van der Waals surface area contributed by atoms with Crippen LogP contribution in [0.4, 0.5) is 0 Å². The van der Waals surface area contributed by atoms with E-state index in [4.69, 9.17) is 0 Å². The molecule has 0 bridgehead atoms. The van der Waals surface area contributed by atoms with Gasteiger partial charge in [-0.3, -0.25) is 9.69 Å². The van der Waals surface area contributed by atoms with Gasteiger partial charge in [-0.15, -0.1) is 0 Å². The zero-order chi connectivity index (χ0) is 20.5. The Kier molecular flexibility index (Phi) is 7.31. The number of rotatable bonds is 9. The van der Waals surface area contributed by atoms with Crippen molar-refractivity contribution in [1.29, 1.82) is 0 Å². The first-order chi connectivity index (χ1) is 14.1. The molecule has 0 spiro atoms. The molecule has 0 aliphatic carbocycles. The van der Waals surface area contributed by atoms with Crippen LogP contribution in [0, 0.1) is 0 Å². The van der Waals surface area contributed by atoms with E-state index < -0.39 is 6.04 Å². The van der Waals surface area contributed by atoms with Gasteiger partial charge < -0.3 is 10.1 Å². The van der Waals surface area contributed by atoms with Crippen LogP contribution in [-0.2, 0) is 24.3 Å². The lowest BCUT2D eigenvalue weighted by molar-refractivity contribution is -0.109. The lowest BCUT2D eigenvalue weighted by atomic mass is 10.1. The molecule has 1 amide bonds. The summed E-state index contributed by atoms with van der Waals surface area (Å²) < 4.78 is 0. The van der Waals surface area contributed by atoms with Crippen LogP contribution in [0.1, 0.15) is 27.0 Å². The predicted octanol–water partition coefficient (Wildman–Crippen LogP) is 3.86. The van der Waals surface area contributed by atoms with Gasteiger partial charge in [0.2, 0.25) is 0 Å². The molecule has 0 aliphatic rings. The van der Waals surface area contributed by atoms with Gasteiger partial charge in [-0.25, -0.2) is 0 Å². The topological polar surface area (TPSA) is 49.4 Å². The van der Waals surface area contributed by atoms with Crippen molar-refractivity contribution < 1.29 is 9.59 Å². The smallest absolute Gasteiger partial charge is 0.251 e. The molecule has 29 heavy (non-hydrogen) atoms. The molecule has 3 aromatic carbocycles. The average molecular weight is 386 g/mol. The second-order valence-corrected chi connectivity index (χ2v) is 7.26. The van der Waals surface area contributed by atoms with Gasteiger partial charge in [0.1, 0.15) is 6.29 Å². The van der Waals surface area contributed by atoms with Crippen molar-refractivity contribution in [3.05, 3.63) is 107 Å². The monoisotopic (exact) mass is 386 g/mol. The minimum absolute atomic E-state index is 0.234. The number of aldehydes is 1.